The summed E-state index contributed by atoms with van der Waals surface area (Å²) in [6.07, 6.45) is 59.6. The number of esters is 1. The summed E-state index contributed by atoms with van der Waals surface area (Å²) in [5, 5.41) is 23.8. The molecular weight excluding hydrogens is 779 g/mol. The maximum atomic E-state index is 13.2. The van der Waals surface area contributed by atoms with Crippen LogP contribution in [0.5, 0.6) is 0 Å². The Morgan fingerprint density at radius 3 is 1.16 bits per heavy atom. The fourth-order valence-corrected chi connectivity index (χ4v) is 8.72. The molecule has 6 heteroatoms. The highest BCUT2D eigenvalue weighted by atomic mass is 16.5. The van der Waals surface area contributed by atoms with Gasteiger partial charge in [0.05, 0.1) is 25.2 Å². The van der Waals surface area contributed by atoms with Crippen LogP contribution in [0.15, 0.2) is 24.3 Å². The van der Waals surface area contributed by atoms with E-state index in [9.17, 15) is 19.8 Å². The van der Waals surface area contributed by atoms with Crippen molar-refractivity contribution in [3.63, 3.8) is 0 Å². The molecule has 0 saturated carbocycles. The quantitative estimate of drug-likeness (QED) is 0.0321. The summed E-state index contributed by atoms with van der Waals surface area (Å²) in [5.41, 5.74) is 0. The van der Waals surface area contributed by atoms with Crippen LogP contribution in [0.2, 0.25) is 0 Å². The number of nitrogens with one attached hydrogen (secondary N) is 1. The van der Waals surface area contributed by atoms with E-state index in [-0.39, 0.29) is 24.9 Å². The average Bonchev–Trinajstić information content (AvgIpc) is 3.28. The van der Waals surface area contributed by atoms with Crippen LogP contribution in [-0.4, -0.2) is 46.9 Å². The van der Waals surface area contributed by atoms with Crippen LogP contribution in [-0.2, 0) is 14.3 Å². The molecule has 6 nitrogen and oxygen atoms in total. The van der Waals surface area contributed by atoms with Gasteiger partial charge in [-0.3, -0.25) is 9.59 Å². The highest BCUT2D eigenvalue weighted by molar-refractivity contribution is 5.77. The van der Waals surface area contributed by atoms with Crippen molar-refractivity contribution in [1.82, 2.24) is 5.32 Å². The second-order valence-electron chi connectivity index (χ2n) is 19.3. The van der Waals surface area contributed by atoms with E-state index in [1.54, 1.807) is 0 Å². The number of ether oxygens (including phenoxy) is 1. The van der Waals surface area contributed by atoms with Gasteiger partial charge in [-0.15, -0.1) is 0 Å². The SMILES string of the molecule is CCCCCCCC/C=C\CCCC(CC(=O)NC(CO)C(O)CCCCCCCCCCCCCCCCCC)OC(=O)CCCCCCCCC/C=C/CCCCCCCC. The molecule has 3 N–H and O–H groups in total. The van der Waals surface area contributed by atoms with Crippen molar-refractivity contribution in [3.8, 4) is 0 Å². The summed E-state index contributed by atoms with van der Waals surface area (Å²) in [7, 11) is 0. The molecular formula is C57H109NO5. The summed E-state index contributed by atoms with van der Waals surface area (Å²) < 4.78 is 5.93. The number of carbonyl (C=O) groups is 2. The van der Waals surface area contributed by atoms with Crippen molar-refractivity contribution in [2.24, 2.45) is 0 Å². The molecule has 0 aromatic carbocycles. The second-order valence-corrected chi connectivity index (χ2v) is 19.3. The van der Waals surface area contributed by atoms with E-state index in [4.69, 9.17) is 4.74 Å². The van der Waals surface area contributed by atoms with Crippen LogP contribution in [0.25, 0.3) is 0 Å². The van der Waals surface area contributed by atoms with Gasteiger partial charge in [0.25, 0.3) is 0 Å². The minimum atomic E-state index is -0.792. The Hall–Kier alpha value is -1.66. The largest absolute Gasteiger partial charge is 0.462 e. The Morgan fingerprint density at radius 1 is 0.444 bits per heavy atom. The summed E-state index contributed by atoms with van der Waals surface area (Å²) in [5.74, 6) is -0.494. The molecule has 3 unspecified atom stereocenters. The molecule has 0 aliphatic rings. The standard InChI is InChI=1S/C57H109NO5/c1-4-7-10-13-16-19-22-24-26-28-30-32-35-38-41-44-47-50-57(62)63-53(48-45-42-39-36-33-21-18-15-12-9-6-3)51-56(61)58-54(52-59)55(60)49-46-43-40-37-34-31-29-27-25-23-20-17-14-11-8-5-2/h24,26,36,39,53-55,59-60H,4-23,25,27-35,37-38,40-52H2,1-3H3,(H,58,61)/b26-24+,39-36-. The number of rotatable bonds is 51. The smallest absolute Gasteiger partial charge is 0.306 e. The number of hydrogen-bond acceptors (Lipinski definition) is 5. The molecule has 0 saturated heterocycles. The Morgan fingerprint density at radius 2 is 0.778 bits per heavy atom. The van der Waals surface area contributed by atoms with Crippen LogP contribution in [0, 0.1) is 0 Å². The number of unbranched alkanes of at least 4 members (excludes halogenated alkanes) is 35. The van der Waals surface area contributed by atoms with Gasteiger partial charge >= 0.3 is 5.97 Å². The zero-order valence-electron chi connectivity index (χ0n) is 42.5. The fourth-order valence-electron chi connectivity index (χ4n) is 8.72. The molecule has 3 atom stereocenters. The predicted octanol–water partition coefficient (Wildman–Crippen LogP) is 17.1. The number of hydrogen-bond donors (Lipinski definition) is 3. The van der Waals surface area contributed by atoms with Crippen molar-refractivity contribution in [2.45, 2.75) is 322 Å². The molecule has 0 fully saturated rings. The zero-order chi connectivity index (χ0) is 45.9. The van der Waals surface area contributed by atoms with Gasteiger partial charge in [-0.1, -0.05) is 244 Å². The molecule has 0 aromatic rings. The lowest BCUT2D eigenvalue weighted by molar-refractivity contribution is -0.151. The van der Waals surface area contributed by atoms with Gasteiger partial charge in [-0.2, -0.15) is 0 Å². The van der Waals surface area contributed by atoms with Gasteiger partial charge in [0.1, 0.15) is 6.10 Å². The van der Waals surface area contributed by atoms with Gasteiger partial charge < -0.3 is 20.3 Å². The van der Waals surface area contributed by atoms with Crippen LogP contribution in [0.1, 0.15) is 303 Å². The first-order valence-corrected chi connectivity index (χ1v) is 28.1. The molecule has 372 valence electrons. The molecule has 0 spiro atoms. The van der Waals surface area contributed by atoms with E-state index in [1.807, 2.05) is 0 Å². The second kappa shape index (κ2) is 51.3. The lowest BCUT2D eigenvalue weighted by Crippen LogP contribution is -2.46. The fraction of sp³-hybridized carbons (Fsp3) is 0.895. The van der Waals surface area contributed by atoms with Crippen molar-refractivity contribution in [3.05, 3.63) is 24.3 Å². The normalized spacial score (nSPS) is 13.3. The summed E-state index contributed by atoms with van der Waals surface area (Å²) in [6.45, 7) is 6.49. The van der Waals surface area contributed by atoms with Crippen molar-refractivity contribution in [2.75, 3.05) is 6.61 Å². The molecule has 0 aliphatic carbocycles. The minimum absolute atomic E-state index is 0.0592. The summed E-state index contributed by atoms with van der Waals surface area (Å²) in [4.78, 5) is 26.2. The molecule has 1 amide bonds. The third-order valence-electron chi connectivity index (χ3n) is 13.0. The minimum Gasteiger partial charge on any atom is -0.462 e. The number of amides is 1. The van der Waals surface area contributed by atoms with Crippen LogP contribution in [0.3, 0.4) is 0 Å². The third kappa shape index (κ3) is 46.7. The van der Waals surface area contributed by atoms with Gasteiger partial charge in [-0.25, -0.2) is 0 Å². The third-order valence-corrected chi connectivity index (χ3v) is 13.0. The molecule has 63 heavy (non-hydrogen) atoms. The topological polar surface area (TPSA) is 95.9 Å². The van der Waals surface area contributed by atoms with Crippen LogP contribution in [0.4, 0.5) is 0 Å². The highest BCUT2D eigenvalue weighted by Gasteiger charge is 2.24. The number of allylic oxidation sites excluding steroid dienone is 4. The van der Waals surface area contributed by atoms with Gasteiger partial charge in [-0.05, 0) is 70.6 Å². The molecule has 0 rings (SSSR count). The van der Waals surface area contributed by atoms with Crippen molar-refractivity contribution in [1.29, 1.82) is 0 Å². The van der Waals surface area contributed by atoms with Gasteiger partial charge in [0.2, 0.25) is 5.91 Å². The lowest BCUT2D eigenvalue weighted by Gasteiger charge is -2.24. The summed E-state index contributed by atoms with van der Waals surface area (Å²) in [6, 6.07) is -0.707. The van der Waals surface area contributed by atoms with Crippen LogP contribution < -0.4 is 5.32 Å². The highest BCUT2D eigenvalue weighted by Crippen LogP contribution is 2.18. The maximum Gasteiger partial charge on any atom is 0.306 e. The molecule has 0 aliphatic heterocycles. The van der Waals surface area contributed by atoms with Crippen molar-refractivity contribution >= 4 is 11.9 Å². The first kappa shape index (κ1) is 61.3. The predicted molar refractivity (Wildman–Crippen MR) is 273 cm³/mol. The number of carbonyl (C=O) groups excluding carboxylic acids is 2. The average molecular weight is 889 g/mol. The summed E-state index contributed by atoms with van der Waals surface area (Å²) >= 11 is 0. The number of aliphatic hydroxyl groups is 2. The van der Waals surface area contributed by atoms with E-state index in [2.05, 4.69) is 50.4 Å². The van der Waals surface area contributed by atoms with Gasteiger partial charge in [0, 0.05) is 6.42 Å². The Bertz CT molecular complexity index is 997. The Labute approximate surface area is 392 Å². The molecule has 0 aromatic heterocycles. The van der Waals surface area contributed by atoms with E-state index in [0.29, 0.717) is 19.3 Å². The first-order chi connectivity index (χ1) is 31.0. The lowest BCUT2D eigenvalue weighted by atomic mass is 10.0. The van der Waals surface area contributed by atoms with E-state index >= 15 is 0 Å². The monoisotopic (exact) mass is 888 g/mol. The van der Waals surface area contributed by atoms with E-state index < -0.39 is 18.2 Å². The molecule has 0 bridgehead atoms. The Kier molecular flexibility index (Phi) is 50.0. The van der Waals surface area contributed by atoms with E-state index in [1.165, 1.54) is 205 Å². The molecule has 0 radical (unpaired) electrons. The molecule has 0 heterocycles. The van der Waals surface area contributed by atoms with Crippen molar-refractivity contribution < 1.29 is 24.5 Å². The van der Waals surface area contributed by atoms with E-state index in [0.717, 1.165) is 51.4 Å². The van der Waals surface area contributed by atoms with Crippen LogP contribution >= 0.6 is 0 Å². The first-order valence-electron chi connectivity index (χ1n) is 28.1. The number of aliphatic hydroxyl groups excluding tert-OH is 2. The van der Waals surface area contributed by atoms with Gasteiger partial charge in [0.15, 0.2) is 0 Å². The maximum absolute atomic E-state index is 13.2. The Balaban J connectivity index is 4.47. The zero-order valence-corrected chi connectivity index (χ0v) is 42.5.